The summed E-state index contributed by atoms with van der Waals surface area (Å²) in [4.78, 5) is 13.2. The summed E-state index contributed by atoms with van der Waals surface area (Å²) < 4.78 is 29.0. The number of sulfonamides is 1. The first-order chi connectivity index (χ1) is 15.3. The number of hydrogen-bond donors (Lipinski definition) is 2. The van der Waals surface area contributed by atoms with E-state index in [-0.39, 0.29) is 4.91 Å². The Kier molecular flexibility index (Phi) is 5.69. The molecule has 2 N–H and O–H groups in total. The molecule has 0 spiro atoms. The Balaban J connectivity index is 1.63. The lowest BCUT2D eigenvalue weighted by atomic mass is 10.1. The highest BCUT2D eigenvalue weighted by molar-refractivity contribution is 7.96. The van der Waals surface area contributed by atoms with Crippen LogP contribution >= 0.6 is 0 Å². The molecule has 3 heterocycles. The summed E-state index contributed by atoms with van der Waals surface area (Å²) in [7, 11) is -1.92. The molecule has 0 saturated heterocycles. The largest absolute Gasteiger partial charge is 0.322 e. The van der Waals surface area contributed by atoms with Gasteiger partial charge in [0.25, 0.3) is 10.0 Å². The van der Waals surface area contributed by atoms with Gasteiger partial charge in [-0.25, -0.2) is 13.4 Å². The lowest BCUT2D eigenvalue weighted by Gasteiger charge is -2.10. The SMILES string of the molecule is C=C(C=CC)S(=O)(=O)Nc1cncc(-c2ccc3ncc(Nc4ccn(C)n4)nc3c2)c1. The zero-order valence-electron chi connectivity index (χ0n) is 17.5. The third-order valence-electron chi connectivity index (χ3n) is 4.53. The van der Waals surface area contributed by atoms with Gasteiger partial charge in [0.1, 0.15) is 0 Å². The second kappa shape index (κ2) is 8.60. The van der Waals surface area contributed by atoms with Crippen molar-refractivity contribution >= 4 is 38.4 Å². The molecule has 0 bridgehead atoms. The van der Waals surface area contributed by atoms with Crippen LogP contribution in [-0.2, 0) is 17.1 Å². The van der Waals surface area contributed by atoms with Gasteiger partial charge in [-0.2, -0.15) is 5.10 Å². The van der Waals surface area contributed by atoms with Gasteiger partial charge in [-0.15, -0.1) is 0 Å². The van der Waals surface area contributed by atoms with Crippen LogP contribution in [0.1, 0.15) is 6.92 Å². The minimum Gasteiger partial charge on any atom is -0.322 e. The van der Waals surface area contributed by atoms with E-state index in [2.05, 4.69) is 36.7 Å². The highest BCUT2D eigenvalue weighted by Crippen LogP contribution is 2.26. The number of pyridine rings is 1. The molecular weight excluding hydrogens is 426 g/mol. The predicted molar refractivity (Wildman–Crippen MR) is 126 cm³/mol. The molecule has 162 valence electrons. The zero-order valence-corrected chi connectivity index (χ0v) is 18.3. The molecule has 4 rings (SSSR count). The van der Waals surface area contributed by atoms with Crippen molar-refractivity contribution in [2.24, 2.45) is 7.05 Å². The summed E-state index contributed by atoms with van der Waals surface area (Å²) in [5, 5.41) is 7.40. The Hall–Kier alpha value is -4.05. The Morgan fingerprint density at radius 3 is 2.66 bits per heavy atom. The first-order valence-corrected chi connectivity index (χ1v) is 11.2. The molecule has 10 heteroatoms. The van der Waals surface area contributed by atoms with E-state index in [0.717, 1.165) is 16.6 Å². The molecule has 0 atom stereocenters. The maximum atomic E-state index is 12.4. The number of hydrogen-bond acceptors (Lipinski definition) is 7. The van der Waals surface area contributed by atoms with Crippen molar-refractivity contribution in [1.29, 1.82) is 0 Å². The quantitative estimate of drug-likeness (QED) is 0.412. The molecule has 0 saturated carbocycles. The van der Waals surface area contributed by atoms with E-state index >= 15 is 0 Å². The van der Waals surface area contributed by atoms with Crippen LogP contribution in [0.2, 0.25) is 0 Å². The van der Waals surface area contributed by atoms with Gasteiger partial charge in [-0.05, 0) is 36.8 Å². The number of anilines is 3. The van der Waals surface area contributed by atoms with Crippen molar-refractivity contribution < 1.29 is 8.42 Å². The maximum absolute atomic E-state index is 12.4. The van der Waals surface area contributed by atoms with E-state index in [1.54, 1.807) is 36.1 Å². The zero-order chi connectivity index (χ0) is 22.7. The third kappa shape index (κ3) is 4.65. The van der Waals surface area contributed by atoms with Gasteiger partial charge >= 0.3 is 0 Å². The normalized spacial score (nSPS) is 11.7. The molecular formula is C22H21N7O2S. The van der Waals surface area contributed by atoms with Crippen LogP contribution < -0.4 is 10.0 Å². The number of rotatable bonds is 7. The summed E-state index contributed by atoms with van der Waals surface area (Å²) in [5.74, 6) is 1.23. The fraction of sp³-hybridized carbons (Fsp3) is 0.0909. The summed E-state index contributed by atoms with van der Waals surface area (Å²) in [5.41, 5.74) is 3.30. The molecule has 0 fully saturated rings. The van der Waals surface area contributed by atoms with Gasteiger partial charge in [0.15, 0.2) is 11.6 Å². The summed E-state index contributed by atoms with van der Waals surface area (Å²) >= 11 is 0. The van der Waals surface area contributed by atoms with Crippen LogP contribution in [0.15, 0.2) is 78.8 Å². The van der Waals surface area contributed by atoms with Crippen LogP contribution in [0.25, 0.3) is 22.2 Å². The van der Waals surface area contributed by atoms with Crippen molar-refractivity contribution in [2.45, 2.75) is 6.92 Å². The average Bonchev–Trinajstić information content (AvgIpc) is 3.17. The summed E-state index contributed by atoms with van der Waals surface area (Å²) in [6, 6.07) is 9.16. The van der Waals surface area contributed by atoms with Gasteiger partial charge in [0, 0.05) is 31.1 Å². The van der Waals surface area contributed by atoms with Crippen molar-refractivity contribution in [2.75, 3.05) is 10.0 Å². The van der Waals surface area contributed by atoms with Gasteiger partial charge in [0.05, 0.1) is 34.0 Å². The van der Waals surface area contributed by atoms with Gasteiger partial charge in [-0.3, -0.25) is 19.4 Å². The molecule has 0 amide bonds. The maximum Gasteiger partial charge on any atom is 0.261 e. The molecule has 0 unspecified atom stereocenters. The van der Waals surface area contributed by atoms with Crippen LogP contribution in [0.5, 0.6) is 0 Å². The van der Waals surface area contributed by atoms with E-state index in [1.807, 2.05) is 37.5 Å². The second-order valence-corrected chi connectivity index (χ2v) is 8.73. The highest BCUT2D eigenvalue weighted by Gasteiger charge is 2.14. The molecule has 0 aliphatic heterocycles. The van der Waals surface area contributed by atoms with Crippen molar-refractivity contribution in [3.05, 3.63) is 78.8 Å². The van der Waals surface area contributed by atoms with Crippen LogP contribution in [-0.4, -0.2) is 33.2 Å². The Labute approximate surface area is 185 Å². The Bertz CT molecular complexity index is 1440. The number of benzene rings is 1. The van der Waals surface area contributed by atoms with E-state index in [1.165, 1.54) is 12.3 Å². The Morgan fingerprint density at radius 1 is 1.06 bits per heavy atom. The average molecular weight is 448 g/mol. The molecule has 0 aliphatic rings. The van der Waals surface area contributed by atoms with E-state index in [9.17, 15) is 8.42 Å². The van der Waals surface area contributed by atoms with Crippen molar-refractivity contribution in [3.8, 4) is 11.1 Å². The van der Waals surface area contributed by atoms with E-state index in [4.69, 9.17) is 0 Å². The summed E-state index contributed by atoms with van der Waals surface area (Å²) in [6.07, 6.45) is 9.62. The second-order valence-electron chi connectivity index (χ2n) is 6.99. The van der Waals surface area contributed by atoms with Crippen molar-refractivity contribution in [3.63, 3.8) is 0 Å². The highest BCUT2D eigenvalue weighted by atomic mass is 32.2. The van der Waals surface area contributed by atoms with Gasteiger partial charge in [0.2, 0.25) is 0 Å². The summed E-state index contributed by atoms with van der Waals surface area (Å²) in [6.45, 7) is 5.31. The van der Waals surface area contributed by atoms with Crippen LogP contribution in [0.4, 0.5) is 17.3 Å². The first kappa shape index (κ1) is 21.2. The monoisotopic (exact) mass is 447 g/mol. The molecule has 1 aromatic carbocycles. The van der Waals surface area contributed by atoms with Gasteiger partial charge < -0.3 is 5.32 Å². The van der Waals surface area contributed by atoms with Crippen LogP contribution in [0, 0.1) is 0 Å². The Morgan fingerprint density at radius 2 is 1.91 bits per heavy atom. The molecule has 0 radical (unpaired) electrons. The van der Waals surface area contributed by atoms with E-state index in [0.29, 0.717) is 22.8 Å². The first-order valence-electron chi connectivity index (χ1n) is 9.67. The van der Waals surface area contributed by atoms with Gasteiger partial charge in [-0.1, -0.05) is 18.7 Å². The fourth-order valence-corrected chi connectivity index (χ4v) is 3.88. The fourth-order valence-electron chi connectivity index (χ4n) is 3.01. The van der Waals surface area contributed by atoms with Crippen molar-refractivity contribution in [1.82, 2.24) is 24.7 Å². The lowest BCUT2D eigenvalue weighted by molar-refractivity contribution is 0.608. The number of fused-ring (bicyclic) bond motifs is 1. The number of aromatic nitrogens is 5. The standard InChI is InChI=1S/C22H21N7O2S/c1-4-5-15(2)32(30,31)28-18-10-17(12-23-13-18)16-6-7-19-20(11-16)25-22(14-24-19)26-21-8-9-29(3)27-21/h4-14,28H,2H2,1,3H3,(H,25,26,27). The molecule has 9 nitrogen and oxygen atoms in total. The predicted octanol–water partition coefficient (Wildman–Crippen LogP) is 4.00. The number of allylic oxidation sites excluding steroid dienone is 2. The lowest BCUT2D eigenvalue weighted by Crippen LogP contribution is -2.13. The number of aryl methyl sites for hydroxylation is 1. The number of nitrogens with zero attached hydrogens (tertiary/aromatic N) is 5. The molecule has 4 aromatic rings. The minimum absolute atomic E-state index is 0.0284. The molecule has 32 heavy (non-hydrogen) atoms. The third-order valence-corrected chi connectivity index (χ3v) is 5.86. The topological polar surface area (TPSA) is 115 Å². The molecule has 0 aliphatic carbocycles. The molecule has 3 aromatic heterocycles. The van der Waals surface area contributed by atoms with E-state index < -0.39 is 10.0 Å². The van der Waals surface area contributed by atoms with Crippen LogP contribution in [0.3, 0.4) is 0 Å². The smallest absolute Gasteiger partial charge is 0.261 e. The minimum atomic E-state index is -3.75. The number of nitrogens with one attached hydrogen (secondary N) is 2.